The van der Waals surface area contributed by atoms with Gasteiger partial charge in [0.2, 0.25) is 0 Å². The van der Waals surface area contributed by atoms with Crippen LogP contribution in [-0.2, 0) is 0 Å². The molecule has 0 atom stereocenters. The van der Waals surface area contributed by atoms with Gasteiger partial charge in [-0.05, 0) is 42.7 Å². The summed E-state index contributed by atoms with van der Waals surface area (Å²) in [6, 6.07) is 9.21. The molecule has 0 heterocycles. The van der Waals surface area contributed by atoms with Gasteiger partial charge in [-0.1, -0.05) is 44.9 Å². The largest absolute Gasteiger partial charge is 0.412 e. The van der Waals surface area contributed by atoms with E-state index in [-0.39, 0.29) is 11.5 Å². The van der Waals surface area contributed by atoms with Crippen LogP contribution in [0.2, 0.25) is 0 Å². The first-order valence-corrected chi connectivity index (χ1v) is 7.60. The summed E-state index contributed by atoms with van der Waals surface area (Å²) in [4.78, 5) is 11.9. The van der Waals surface area contributed by atoms with Gasteiger partial charge < -0.3 is 10.1 Å². The molecule has 110 valence electrons. The van der Waals surface area contributed by atoms with Gasteiger partial charge in [0.15, 0.2) is 0 Å². The first-order valence-electron chi connectivity index (χ1n) is 7.60. The number of benzene rings is 1. The number of para-hydroxylation sites is 1. The highest BCUT2D eigenvalue weighted by molar-refractivity contribution is 5.70. The van der Waals surface area contributed by atoms with E-state index in [0.29, 0.717) is 11.7 Å². The fourth-order valence-electron chi connectivity index (χ4n) is 3.34. The molecule has 3 heteroatoms. The van der Waals surface area contributed by atoms with Crippen LogP contribution >= 0.6 is 0 Å². The molecule has 1 aliphatic carbocycles. The predicted molar refractivity (Wildman–Crippen MR) is 80.8 cm³/mol. The van der Waals surface area contributed by atoms with Crippen LogP contribution in [-0.4, -0.2) is 12.6 Å². The SMILES string of the molecule is CC(C)CC1(CNC(=O)Oc2ccccc2)CCCC1. The van der Waals surface area contributed by atoms with Crippen LogP contribution in [0.15, 0.2) is 30.3 Å². The summed E-state index contributed by atoms with van der Waals surface area (Å²) in [5.41, 5.74) is 0.282. The number of carbonyl (C=O) groups is 1. The molecule has 3 nitrogen and oxygen atoms in total. The molecule has 1 fully saturated rings. The quantitative estimate of drug-likeness (QED) is 0.866. The van der Waals surface area contributed by atoms with Crippen molar-refractivity contribution >= 4 is 6.09 Å². The molecule has 0 bridgehead atoms. The van der Waals surface area contributed by atoms with Gasteiger partial charge in [-0.3, -0.25) is 0 Å². The van der Waals surface area contributed by atoms with Crippen molar-refractivity contribution in [1.82, 2.24) is 5.32 Å². The van der Waals surface area contributed by atoms with Gasteiger partial charge in [-0.25, -0.2) is 4.79 Å². The Bertz CT molecular complexity index is 422. The van der Waals surface area contributed by atoms with Crippen LogP contribution in [0.25, 0.3) is 0 Å². The van der Waals surface area contributed by atoms with E-state index < -0.39 is 0 Å². The van der Waals surface area contributed by atoms with E-state index in [9.17, 15) is 4.79 Å². The second-order valence-electron chi connectivity index (χ2n) is 6.36. The normalized spacial score (nSPS) is 17.1. The Kier molecular flexibility index (Phi) is 5.05. The smallest absolute Gasteiger partial charge is 0.410 e. The third kappa shape index (κ3) is 4.26. The molecule has 0 radical (unpaired) electrons. The first-order chi connectivity index (χ1) is 9.60. The highest BCUT2D eigenvalue weighted by Gasteiger charge is 2.34. The molecule has 0 aliphatic heterocycles. The number of rotatable bonds is 5. The van der Waals surface area contributed by atoms with E-state index in [0.717, 1.165) is 6.54 Å². The van der Waals surface area contributed by atoms with Crippen LogP contribution in [0.4, 0.5) is 4.79 Å². The molecular weight excluding hydrogens is 250 g/mol. The fraction of sp³-hybridized carbons (Fsp3) is 0.588. The molecule has 1 saturated carbocycles. The Morgan fingerprint density at radius 3 is 2.50 bits per heavy atom. The van der Waals surface area contributed by atoms with Crippen molar-refractivity contribution in [2.24, 2.45) is 11.3 Å². The van der Waals surface area contributed by atoms with Gasteiger partial charge in [0, 0.05) is 6.54 Å². The lowest BCUT2D eigenvalue weighted by Crippen LogP contribution is -2.38. The number of nitrogens with one attached hydrogen (secondary N) is 1. The third-order valence-corrected chi connectivity index (χ3v) is 4.07. The van der Waals surface area contributed by atoms with Crippen molar-refractivity contribution in [3.63, 3.8) is 0 Å². The molecule has 20 heavy (non-hydrogen) atoms. The van der Waals surface area contributed by atoms with Gasteiger partial charge in [-0.2, -0.15) is 0 Å². The third-order valence-electron chi connectivity index (χ3n) is 4.07. The van der Waals surface area contributed by atoms with Gasteiger partial charge >= 0.3 is 6.09 Å². The maximum Gasteiger partial charge on any atom is 0.412 e. The minimum absolute atomic E-state index is 0.282. The summed E-state index contributed by atoms with van der Waals surface area (Å²) in [6.45, 7) is 5.24. The zero-order chi connectivity index (χ0) is 14.4. The molecule has 1 N–H and O–H groups in total. The van der Waals surface area contributed by atoms with Crippen LogP contribution < -0.4 is 10.1 Å². The summed E-state index contributed by atoms with van der Waals surface area (Å²) in [6.07, 6.45) is 5.84. The van der Waals surface area contributed by atoms with Crippen molar-refractivity contribution in [2.75, 3.05) is 6.54 Å². The predicted octanol–water partition coefficient (Wildman–Crippen LogP) is 4.38. The maximum absolute atomic E-state index is 11.9. The van der Waals surface area contributed by atoms with E-state index in [2.05, 4.69) is 19.2 Å². The standard InChI is InChI=1S/C17H25NO2/c1-14(2)12-17(10-6-7-11-17)13-18-16(19)20-15-8-4-3-5-9-15/h3-5,8-9,14H,6-7,10-13H2,1-2H3,(H,18,19). The lowest BCUT2D eigenvalue weighted by atomic mass is 9.78. The second kappa shape index (κ2) is 6.78. The fourth-order valence-corrected chi connectivity index (χ4v) is 3.34. The number of hydrogen-bond donors (Lipinski definition) is 1. The highest BCUT2D eigenvalue weighted by atomic mass is 16.6. The number of ether oxygens (including phenoxy) is 1. The Hall–Kier alpha value is -1.51. The molecule has 0 aromatic heterocycles. The minimum Gasteiger partial charge on any atom is -0.410 e. The molecular formula is C17H25NO2. The van der Waals surface area contributed by atoms with Crippen LogP contribution in [0.3, 0.4) is 0 Å². The van der Waals surface area contributed by atoms with Crippen LogP contribution in [0, 0.1) is 11.3 Å². The molecule has 1 amide bonds. The molecule has 2 rings (SSSR count). The summed E-state index contributed by atoms with van der Waals surface area (Å²) < 4.78 is 5.27. The highest BCUT2D eigenvalue weighted by Crippen LogP contribution is 2.42. The van der Waals surface area contributed by atoms with Gasteiger partial charge in [0.25, 0.3) is 0 Å². The Labute approximate surface area is 121 Å². The van der Waals surface area contributed by atoms with Crippen molar-refractivity contribution in [3.8, 4) is 5.75 Å². The molecule has 0 unspecified atom stereocenters. The van der Waals surface area contributed by atoms with Crippen molar-refractivity contribution < 1.29 is 9.53 Å². The number of carbonyl (C=O) groups excluding carboxylic acids is 1. The van der Waals surface area contributed by atoms with Crippen molar-refractivity contribution in [3.05, 3.63) is 30.3 Å². The van der Waals surface area contributed by atoms with E-state index in [1.807, 2.05) is 18.2 Å². The zero-order valence-corrected chi connectivity index (χ0v) is 12.5. The topological polar surface area (TPSA) is 38.3 Å². The summed E-state index contributed by atoms with van der Waals surface area (Å²) in [5, 5.41) is 2.96. The molecule has 1 aliphatic rings. The molecule has 1 aromatic carbocycles. The summed E-state index contributed by atoms with van der Waals surface area (Å²) in [5.74, 6) is 1.26. The average molecular weight is 275 g/mol. The maximum atomic E-state index is 11.9. The summed E-state index contributed by atoms with van der Waals surface area (Å²) in [7, 11) is 0. The average Bonchev–Trinajstić information content (AvgIpc) is 2.86. The van der Waals surface area contributed by atoms with Gasteiger partial charge in [0.1, 0.15) is 5.75 Å². The van der Waals surface area contributed by atoms with Gasteiger partial charge in [-0.15, -0.1) is 0 Å². The van der Waals surface area contributed by atoms with E-state index >= 15 is 0 Å². The molecule has 0 saturated heterocycles. The van der Waals surface area contributed by atoms with Gasteiger partial charge in [0.05, 0.1) is 0 Å². The van der Waals surface area contributed by atoms with Crippen molar-refractivity contribution in [2.45, 2.75) is 46.0 Å². The van der Waals surface area contributed by atoms with E-state index in [1.54, 1.807) is 12.1 Å². The first kappa shape index (κ1) is 14.9. The lowest BCUT2D eigenvalue weighted by Gasteiger charge is -2.30. The molecule has 0 spiro atoms. The van der Waals surface area contributed by atoms with E-state index in [4.69, 9.17) is 4.74 Å². The van der Waals surface area contributed by atoms with Crippen LogP contribution in [0.5, 0.6) is 5.75 Å². The van der Waals surface area contributed by atoms with E-state index in [1.165, 1.54) is 32.1 Å². The monoisotopic (exact) mass is 275 g/mol. The Balaban J connectivity index is 1.85. The number of amides is 1. The second-order valence-corrected chi connectivity index (χ2v) is 6.36. The molecule has 1 aromatic rings. The van der Waals surface area contributed by atoms with Crippen molar-refractivity contribution in [1.29, 1.82) is 0 Å². The Morgan fingerprint density at radius 2 is 1.90 bits per heavy atom. The zero-order valence-electron chi connectivity index (χ0n) is 12.5. The van der Waals surface area contributed by atoms with Crippen LogP contribution in [0.1, 0.15) is 46.0 Å². The Morgan fingerprint density at radius 1 is 1.25 bits per heavy atom. The minimum atomic E-state index is -0.341. The summed E-state index contributed by atoms with van der Waals surface area (Å²) >= 11 is 0. The lowest BCUT2D eigenvalue weighted by molar-refractivity contribution is 0.180. The number of hydrogen-bond acceptors (Lipinski definition) is 2.